The van der Waals surface area contributed by atoms with Crippen molar-refractivity contribution in [3.63, 3.8) is 0 Å². The Morgan fingerprint density at radius 2 is 0.589 bits per heavy atom. The zero-order valence-corrected chi connectivity index (χ0v) is 44.8. The molecule has 518 valence electrons. The molecular formula is C46H45F25O19. The minimum Gasteiger partial charge on any atom is -0.460 e. The molecule has 19 nitrogen and oxygen atoms in total. The molecule has 90 heavy (non-hydrogen) atoms. The lowest BCUT2D eigenvalue weighted by atomic mass is 9.84. The van der Waals surface area contributed by atoms with Crippen molar-refractivity contribution in [3.8, 4) is 0 Å². The summed E-state index contributed by atoms with van der Waals surface area (Å²) in [7, 11) is 0. The second-order valence-corrected chi connectivity index (χ2v) is 17.5. The molecule has 0 aliphatic heterocycles. The first kappa shape index (κ1) is 83.2. The molecule has 44 heteroatoms. The van der Waals surface area contributed by atoms with Crippen LogP contribution in [-0.2, 0) is 90.3 Å². The van der Waals surface area contributed by atoms with Gasteiger partial charge in [0.2, 0.25) is 41.3 Å². The molecule has 0 amide bonds. The van der Waals surface area contributed by atoms with Crippen LogP contribution in [0.3, 0.4) is 0 Å². The van der Waals surface area contributed by atoms with Gasteiger partial charge in [-0.25, -0.2) is 59.5 Å². The summed E-state index contributed by atoms with van der Waals surface area (Å²) < 4.78 is 427. The number of rotatable bonds is 46. The Kier molecular flexibility index (Phi) is 31.0. The molecule has 0 aliphatic rings. The fourth-order valence-corrected chi connectivity index (χ4v) is 5.40. The molecule has 0 heterocycles. The third-order valence-electron chi connectivity index (χ3n) is 9.92. The van der Waals surface area contributed by atoms with Gasteiger partial charge in [0, 0.05) is 0 Å². The SMILES string of the molecule is C=C(F)C(=O)OCCC(F)(F)OC(F)C(COCC(F)(F)COC(=O)C(=C)F)(COC(F)(F)C(COCC(F)(F)COC(=O)C(=C)F)(COCC(F)(F)COC(=O)C(=C)F)C(F)(F)OC(F)(F)CCOC(=O)C(=C)F)C(F)(F)OC(F)(F)CCOC(=O)C(=C)F. The van der Waals surface area contributed by atoms with Crippen molar-refractivity contribution < 1.29 is 200 Å². The van der Waals surface area contributed by atoms with E-state index in [0.717, 1.165) is 0 Å². The normalized spacial score (nSPS) is 14.1. The maximum absolute atomic E-state index is 17.3. The second-order valence-electron chi connectivity index (χ2n) is 17.5. The predicted molar refractivity (Wildman–Crippen MR) is 237 cm³/mol. The van der Waals surface area contributed by atoms with Gasteiger partial charge in [-0.3, -0.25) is 14.2 Å². The molecule has 0 aliphatic carbocycles. The summed E-state index contributed by atoms with van der Waals surface area (Å²) in [5.74, 6) is -42.4. The van der Waals surface area contributed by atoms with Gasteiger partial charge in [0.15, 0.2) is 30.7 Å². The van der Waals surface area contributed by atoms with Gasteiger partial charge in [0.05, 0.1) is 45.7 Å². The number of halogens is 25. The number of alkyl halides is 19. The van der Waals surface area contributed by atoms with E-state index in [0.29, 0.717) is 0 Å². The molecule has 0 radical (unpaired) electrons. The summed E-state index contributed by atoms with van der Waals surface area (Å²) in [6.07, 6.45) is -52.8. The van der Waals surface area contributed by atoms with Crippen LogP contribution in [0.2, 0.25) is 0 Å². The minimum atomic E-state index is -7.25. The van der Waals surface area contributed by atoms with Crippen molar-refractivity contribution in [2.24, 2.45) is 10.8 Å². The summed E-state index contributed by atoms with van der Waals surface area (Å²) in [5, 5.41) is 0. The Labute approximate surface area is 487 Å². The summed E-state index contributed by atoms with van der Waals surface area (Å²) >= 11 is 0. The van der Waals surface area contributed by atoms with Crippen molar-refractivity contribution in [2.75, 3.05) is 85.9 Å². The molecule has 0 spiro atoms. The zero-order valence-electron chi connectivity index (χ0n) is 44.8. The second kappa shape index (κ2) is 33.5. The van der Waals surface area contributed by atoms with Gasteiger partial charge in [-0.1, -0.05) is 39.5 Å². The van der Waals surface area contributed by atoms with E-state index >= 15 is 57.1 Å². The van der Waals surface area contributed by atoms with E-state index < -0.39 is 248 Å². The predicted octanol–water partition coefficient (Wildman–Crippen LogP) is 10.2. The average molecular weight is 1380 g/mol. The van der Waals surface area contributed by atoms with Crippen molar-refractivity contribution in [1.82, 2.24) is 0 Å². The van der Waals surface area contributed by atoms with Crippen molar-refractivity contribution in [3.05, 3.63) is 74.4 Å². The highest BCUT2D eigenvalue weighted by Crippen LogP contribution is 2.55. The summed E-state index contributed by atoms with van der Waals surface area (Å²) in [6, 6.07) is 0. The lowest BCUT2D eigenvalue weighted by Crippen LogP contribution is -2.65. The van der Waals surface area contributed by atoms with Gasteiger partial charge in [-0.15, -0.1) is 0 Å². The van der Waals surface area contributed by atoms with Crippen LogP contribution in [0.5, 0.6) is 0 Å². The molecule has 0 fully saturated rings. The number of hydrogen-bond donors (Lipinski definition) is 0. The maximum Gasteiger partial charge on any atom is 0.378 e. The van der Waals surface area contributed by atoms with Crippen LogP contribution in [0.25, 0.3) is 0 Å². The number of ether oxygens (including phenoxy) is 13. The average Bonchev–Trinajstić information content (AvgIpc) is 0.751. The van der Waals surface area contributed by atoms with Crippen LogP contribution < -0.4 is 0 Å². The first-order chi connectivity index (χ1) is 40.6. The Hall–Kier alpha value is -6.77. The lowest BCUT2D eigenvalue weighted by molar-refractivity contribution is -0.485. The highest BCUT2D eigenvalue weighted by Gasteiger charge is 2.75. The van der Waals surface area contributed by atoms with Gasteiger partial charge in [-0.05, 0) is 0 Å². The number of carbonyl (C=O) groups excluding carboxylic acids is 6. The minimum absolute atomic E-state index is 2.03. The van der Waals surface area contributed by atoms with Gasteiger partial charge in [0.25, 0.3) is 0 Å². The maximum atomic E-state index is 17.3. The van der Waals surface area contributed by atoms with E-state index in [2.05, 4.69) is 101 Å². The summed E-state index contributed by atoms with van der Waals surface area (Å²) in [4.78, 5) is 68.4. The Balaban J connectivity index is 9.02. The number of esters is 6. The summed E-state index contributed by atoms with van der Waals surface area (Å²) in [5.41, 5.74) is -12.3. The van der Waals surface area contributed by atoms with Crippen LogP contribution in [0, 0.1) is 10.8 Å². The molecular weight excluding hydrogens is 1330 g/mol. The third kappa shape index (κ3) is 27.8. The monoisotopic (exact) mass is 1380 g/mol. The zero-order chi connectivity index (χ0) is 70.5. The topological polar surface area (TPSA) is 222 Å². The van der Waals surface area contributed by atoms with E-state index in [9.17, 15) is 81.5 Å². The molecule has 0 N–H and O–H groups in total. The van der Waals surface area contributed by atoms with Gasteiger partial charge >= 0.3 is 90.2 Å². The first-order valence-corrected chi connectivity index (χ1v) is 23.2. The molecule has 0 aromatic carbocycles. The molecule has 2 unspecified atom stereocenters. The van der Waals surface area contributed by atoms with Crippen molar-refractivity contribution >= 4 is 35.8 Å². The molecule has 0 aromatic rings. The van der Waals surface area contributed by atoms with Crippen molar-refractivity contribution in [1.29, 1.82) is 0 Å². The third-order valence-corrected chi connectivity index (χ3v) is 9.92. The van der Waals surface area contributed by atoms with Crippen LogP contribution in [0.4, 0.5) is 110 Å². The Morgan fingerprint density at radius 3 is 0.889 bits per heavy atom. The van der Waals surface area contributed by atoms with E-state index in [1.165, 1.54) is 0 Å². The Morgan fingerprint density at radius 1 is 0.322 bits per heavy atom. The largest absolute Gasteiger partial charge is 0.460 e. The van der Waals surface area contributed by atoms with Crippen LogP contribution in [0.1, 0.15) is 19.3 Å². The van der Waals surface area contributed by atoms with Crippen LogP contribution in [0.15, 0.2) is 74.4 Å². The number of hydrogen-bond acceptors (Lipinski definition) is 19. The first-order valence-electron chi connectivity index (χ1n) is 23.2. The van der Waals surface area contributed by atoms with E-state index in [-0.39, 0.29) is 0 Å². The smallest absolute Gasteiger partial charge is 0.378 e. The van der Waals surface area contributed by atoms with Gasteiger partial charge in [-0.2, -0.15) is 79.0 Å². The van der Waals surface area contributed by atoms with Gasteiger partial charge < -0.3 is 47.4 Å². The lowest BCUT2D eigenvalue weighted by Gasteiger charge is -2.46. The summed E-state index contributed by atoms with van der Waals surface area (Å²) in [6.45, 7) is -23.4. The highest BCUT2D eigenvalue weighted by atomic mass is 19.3. The van der Waals surface area contributed by atoms with Crippen LogP contribution in [-0.4, -0.2) is 182 Å². The molecule has 2 atom stereocenters. The van der Waals surface area contributed by atoms with E-state index in [1.54, 1.807) is 0 Å². The van der Waals surface area contributed by atoms with E-state index in [1.807, 2.05) is 0 Å². The molecule has 0 aromatic heterocycles. The van der Waals surface area contributed by atoms with Gasteiger partial charge in [0.1, 0.15) is 39.6 Å². The fourth-order valence-electron chi connectivity index (χ4n) is 5.40. The van der Waals surface area contributed by atoms with E-state index in [4.69, 9.17) is 0 Å². The Bertz CT molecular complexity index is 2520. The quantitative estimate of drug-likeness (QED) is 0.0239. The molecule has 0 bridgehead atoms. The highest BCUT2D eigenvalue weighted by molar-refractivity contribution is 5.87. The molecule has 0 saturated carbocycles. The van der Waals surface area contributed by atoms with Crippen molar-refractivity contribution in [2.45, 2.75) is 80.0 Å². The fraction of sp³-hybridized carbons (Fsp3) is 0.609. The number of carbonyl (C=O) groups is 6. The molecule has 0 rings (SSSR count). The van der Waals surface area contributed by atoms with Crippen LogP contribution >= 0.6 is 0 Å². The standard InChI is InChI=1S/C46H45F25O19/c1-23(47)29(72)81-10-7-41(60,61)88-35(53)36(13-78-17-38(54,55)20-84-32(75)26(4)50,44(66,67)89-42(62,63)8-11-82-30(73)24(2)48)14-87-45(68,69)37(15-79-18-39(56,57)21-85-33(76)27(5)51,16-80-19-40(58,59)22-86-34(77)28(6)52)46(70,71)90-43(64,65)9-12-83-31(74)25(3)49/h35H,1-22H2. The molecule has 0 saturated heterocycles.